The van der Waals surface area contributed by atoms with E-state index in [1.54, 1.807) is 18.2 Å². The maximum atomic E-state index is 13.6. The van der Waals surface area contributed by atoms with Crippen molar-refractivity contribution in [3.63, 3.8) is 0 Å². The molecule has 1 nitrogen and oxygen atoms in total. The Balaban J connectivity index is 2.41. The maximum Gasteiger partial charge on any atom is 0.131 e. The topological polar surface area (TPSA) is 12.0 Å². The Bertz CT molecular complexity index is 525. The summed E-state index contributed by atoms with van der Waals surface area (Å²) in [6.45, 7) is 0.705. The second-order valence-corrected chi connectivity index (χ2v) is 4.22. The minimum Gasteiger partial charge on any atom is -0.316 e. The number of hydrogen-bond donors (Lipinski definition) is 1. The van der Waals surface area contributed by atoms with Crippen LogP contribution < -0.4 is 5.32 Å². The highest BCUT2D eigenvalue weighted by atomic mass is 35.5. The van der Waals surface area contributed by atoms with E-state index in [1.165, 1.54) is 6.07 Å². The zero-order valence-corrected chi connectivity index (χ0v) is 10.3. The molecule has 0 spiro atoms. The van der Waals surface area contributed by atoms with Crippen molar-refractivity contribution >= 4 is 11.6 Å². The molecule has 2 rings (SSSR count). The molecule has 0 fully saturated rings. The first-order valence-electron chi connectivity index (χ1n) is 5.40. The van der Waals surface area contributed by atoms with Gasteiger partial charge in [-0.3, -0.25) is 0 Å². The summed E-state index contributed by atoms with van der Waals surface area (Å²) in [6.07, 6.45) is 0. The smallest absolute Gasteiger partial charge is 0.131 e. The molecule has 0 bridgehead atoms. The van der Waals surface area contributed by atoms with Gasteiger partial charge in [-0.15, -0.1) is 0 Å². The van der Waals surface area contributed by atoms with Crippen LogP contribution in [0.2, 0.25) is 5.02 Å². The molecule has 0 aliphatic carbocycles. The Labute approximate surface area is 105 Å². The lowest BCUT2D eigenvalue weighted by molar-refractivity contribution is 0.631. The third-order valence-electron chi connectivity index (χ3n) is 2.61. The standard InChI is InChI=1S/C14H13ClFN/c1-17-9-11-7-6-10(8-13(11)15)12-4-2-3-5-14(12)16/h2-8,17H,9H2,1H3. The summed E-state index contributed by atoms with van der Waals surface area (Å²) in [4.78, 5) is 0. The molecule has 0 aliphatic rings. The van der Waals surface area contributed by atoms with Crippen LogP contribution in [0.3, 0.4) is 0 Å². The first-order chi connectivity index (χ1) is 8.22. The van der Waals surface area contributed by atoms with Gasteiger partial charge in [-0.1, -0.05) is 41.9 Å². The molecular weight excluding hydrogens is 237 g/mol. The van der Waals surface area contributed by atoms with Gasteiger partial charge in [-0.2, -0.15) is 0 Å². The summed E-state index contributed by atoms with van der Waals surface area (Å²) in [6, 6.07) is 12.3. The molecule has 1 N–H and O–H groups in total. The fraction of sp³-hybridized carbons (Fsp3) is 0.143. The Hall–Kier alpha value is -1.38. The van der Waals surface area contributed by atoms with Gasteiger partial charge in [0.15, 0.2) is 0 Å². The second-order valence-electron chi connectivity index (χ2n) is 3.82. The summed E-state index contributed by atoms with van der Waals surface area (Å²) >= 11 is 6.15. The minimum absolute atomic E-state index is 0.232. The van der Waals surface area contributed by atoms with Crippen LogP contribution in [-0.2, 0) is 6.54 Å². The molecule has 0 aliphatic heterocycles. The van der Waals surface area contributed by atoms with Crippen molar-refractivity contribution in [2.45, 2.75) is 6.54 Å². The first kappa shape index (κ1) is 12.1. The third kappa shape index (κ3) is 2.65. The summed E-state index contributed by atoms with van der Waals surface area (Å²) in [5.41, 5.74) is 2.38. The lowest BCUT2D eigenvalue weighted by Crippen LogP contribution is -2.05. The first-order valence-corrected chi connectivity index (χ1v) is 5.78. The normalized spacial score (nSPS) is 10.5. The van der Waals surface area contributed by atoms with Gasteiger partial charge in [0.25, 0.3) is 0 Å². The molecule has 0 unspecified atom stereocenters. The van der Waals surface area contributed by atoms with Crippen LogP contribution in [0, 0.1) is 5.82 Å². The zero-order chi connectivity index (χ0) is 12.3. The maximum absolute atomic E-state index is 13.6. The summed E-state index contributed by atoms with van der Waals surface area (Å²) in [5, 5.41) is 3.69. The van der Waals surface area contributed by atoms with Crippen molar-refractivity contribution in [3.05, 3.63) is 58.9 Å². The van der Waals surface area contributed by atoms with E-state index >= 15 is 0 Å². The predicted octanol–water partition coefficient (Wildman–Crippen LogP) is 3.87. The van der Waals surface area contributed by atoms with Crippen molar-refractivity contribution in [1.82, 2.24) is 5.32 Å². The van der Waals surface area contributed by atoms with Crippen molar-refractivity contribution in [1.29, 1.82) is 0 Å². The van der Waals surface area contributed by atoms with Gasteiger partial charge >= 0.3 is 0 Å². The van der Waals surface area contributed by atoms with Crippen LogP contribution >= 0.6 is 11.6 Å². The van der Waals surface area contributed by atoms with E-state index in [4.69, 9.17) is 11.6 Å². The van der Waals surface area contributed by atoms with E-state index in [2.05, 4.69) is 5.32 Å². The van der Waals surface area contributed by atoms with E-state index in [0.29, 0.717) is 17.1 Å². The average Bonchev–Trinajstić information content (AvgIpc) is 2.33. The van der Waals surface area contributed by atoms with Gasteiger partial charge in [0.05, 0.1) is 0 Å². The van der Waals surface area contributed by atoms with Gasteiger partial charge in [-0.25, -0.2) is 4.39 Å². The summed E-state index contributed by atoms with van der Waals surface area (Å²) in [7, 11) is 1.86. The molecule has 17 heavy (non-hydrogen) atoms. The molecule has 88 valence electrons. The highest BCUT2D eigenvalue weighted by molar-refractivity contribution is 6.31. The van der Waals surface area contributed by atoms with E-state index < -0.39 is 0 Å². The highest BCUT2D eigenvalue weighted by Gasteiger charge is 2.06. The van der Waals surface area contributed by atoms with Crippen molar-refractivity contribution in [2.75, 3.05) is 7.05 Å². The number of nitrogens with one attached hydrogen (secondary N) is 1. The number of rotatable bonds is 3. The quantitative estimate of drug-likeness (QED) is 0.871. The van der Waals surface area contributed by atoms with Crippen LogP contribution in [0.15, 0.2) is 42.5 Å². The van der Waals surface area contributed by atoms with Crippen LogP contribution in [0.25, 0.3) is 11.1 Å². The molecule has 0 atom stereocenters. The lowest BCUT2D eigenvalue weighted by Gasteiger charge is -2.07. The molecular formula is C14H13ClFN. The van der Waals surface area contributed by atoms with Gasteiger partial charge < -0.3 is 5.32 Å². The van der Waals surface area contributed by atoms with Gasteiger partial charge in [-0.05, 0) is 30.3 Å². The molecule has 0 saturated heterocycles. The molecule has 0 heterocycles. The largest absolute Gasteiger partial charge is 0.316 e. The van der Waals surface area contributed by atoms with Gasteiger partial charge in [0, 0.05) is 17.1 Å². The van der Waals surface area contributed by atoms with E-state index in [1.807, 2.05) is 25.2 Å². The monoisotopic (exact) mass is 249 g/mol. The molecule has 2 aromatic rings. The van der Waals surface area contributed by atoms with Crippen molar-refractivity contribution < 1.29 is 4.39 Å². The van der Waals surface area contributed by atoms with E-state index in [9.17, 15) is 4.39 Å². The van der Waals surface area contributed by atoms with Gasteiger partial charge in [0.2, 0.25) is 0 Å². The SMILES string of the molecule is CNCc1ccc(-c2ccccc2F)cc1Cl. The van der Waals surface area contributed by atoms with Crippen molar-refractivity contribution in [2.24, 2.45) is 0 Å². The fourth-order valence-electron chi connectivity index (χ4n) is 1.74. The Morgan fingerprint density at radius 3 is 2.59 bits per heavy atom. The Morgan fingerprint density at radius 2 is 1.94 bits per heavy atom. The lowest BCUT2D eigenvalue weighted by atomic mass is 10.0. The van der Waals surface area contributed by atoms with Crippen LogP contribution in [0.1, 0.15) is 5.56 Å². The summed E-state index contributed by atoms with van der Waals surface area (Å²) < 4.78 is 13.6. The highest BCUT2D eigenvalue weighted by Crippen LogP contribution is 2.27. The van der Waals surface area contributed by atoms with E-state index in [-0.39, 0.29) is 5.82 Å². The minimum atomic E-state index is -0.232. The average molecular weight is 250 g/mol. The fourth-order valence-corrected chi connectivity index (χ4v) is 1.99. The second kappa shape index (κ2) is 5.30. The Kier molecular flexibility index (Phi) is 3.77. The van der Waals surface area contributed by atoms with Gasteiger partial charge in [0.1, 0.15) is 5.82 Å². The number of halogens is 2. The third-order valence-corrected chi connectivity index (χ3v) is 2.96. The molecule has 2 aromatic carbocycles. The molecule has 0 radical (unpaired) electrons. The zero-order valence-electron chi connectivity index (χ0n) is 9.50. The van der Waals surface area contributed by atoms with Crippen LogP contribution in [0.5, 0.6) is 0 Å². The number of benzene rings is 2. The summed E-state index contributed by atoms with van der Waals surface area (Å²) in [5.74, 6) is -0.232. The van der Waals surface area contributed by atoms with Crippen LogP contribution in [0.4, 0.5) is 4.39 Å². The van der Waals surface area contributed by atoms with E-state index in [0.717, 1.165) is 11.1 Å². The Morgan fingerprint density at radius 1 is 1.18 bits per heavy atom. The molecule has 0 aromatic heterocycles. The van der Waals surface area contributed by atoms with Crippen LogP contribution in [-0.4, -0.2) is 7.05 Å². The van der Waals surface area contributed by atoms with Crippen molar-refractivity contribution in [3.8, 4) is 11.1 Å². The molecule has 0 saturated carbocycles. The molecule has 3 heteroatoms. The predicted molar refractivity (Wildman–Crippen MR) is 69.6 cm³/mol. The molecule has 0 amide bonds. The number of hydrogen-bond acceptors (Lipinski definition) is 1.